The molecule has 2 N–H and O–H groups in total. The Bertz CT molecular complexity index is 980. The maximum absolute atomic E-state index is 12.2. The Labute approximate surface area is 169 Å². The van der Waals surface area contributed by atoms with Crippen molar-refractivity contribution < 1.29 is 13.9 Å². The van der Waals surface area contributed by atoms with E-state index in [1.165, 1.54) is 0 Å². The molecule has 5 rings (SSSR count). The molecule has 1 heterocycles. The number of methoxy groups -OCH3 is 1. The Balaban J connectivity index is 1.06. The van der Waals surface area contributed by atoms with Gasteiger partial charge in [-0.3, -0.25) is 0 Å². The molecule has 2 aliphatic rings. The van der Waals surface area contributed by atoms with E-state index in [-0.39, 0.29) is 12.1 Å². The Morgan fingerprint density at radius 2 is 1.90 bits per heavy atom. The number of benzene rings is 2. The lowest BCUT2D eigenvalue weighted by atomic mass is 9.50. The van der Waals surface area contributed by atoms with Gasteiger partial charge in [-0.15, -0.1) is 0 Å². The number of amides is 2. The predicted octanol–water partition coefficient (Wildman–Crippen LogP) is 4.36. The van der Waals surface area contributed by atoms with Crippen LogP contribution in [-0.2, 0) is 6.54 Å². The highest BCUT2D eigenvalue weighted by Crippen LogP contribution is 2.61. The number of nitrogens with zero attached hydrogens (tertiary/aromatic N) is 1. The number of oxazole rings is 1. The van der Waals surface area contributed by atoms with Crippen LogP contribution in [0.2, 0.25) is 0 Å². The number of carbonyl (C=O) groups excluding carboxylic acids is 1. The highest BCUT2D eigenvalue weighted by atomic mass is 16.5. The summed E-state index contributed by atoms with van der Waals surface area (Å²) in [5.41, 5.74) is 3.21. The number of hydrogen-bond acceptors (Lipinski definition) is 4. The van der Waals surface area contributed by atoms with Crippen LogP contribution in [0.4, 0.5) is 4.79 Å². The Hall–Kier alpha value is -3.02. The van der Waals surface area contributed by atoms with Crippen LogP contribution in [0.5, 0.6) is 5.75 Å². The van der Waals surface area contributed by atoms with Crippen molar-refractivity contribution in [3.63, 3.8) is 0 Å². The first-order chi connectivity index (χ1) is 14.1. The van der Waals surface area contributed by atoms with Gasteiger partial charge in [-0.25, -0.2) is 9.78 Å². The van der Waals surface area contributed by atoms with E-state index in [4.69, 9.17) is 9.15 Å². The van der Waals surface area contributed by atoms with Gasteiger partial charge in [0.15, 0.2) is 11.5 Å². The largest absolute Gasteiger partial charge is 0.497 e. The molecule has 6 heteroatoms. The molecule has 0 unspecified atom stereocenters. The lowest BCUT2D eigenvalue weighted by molar-refractivity contribution is -0.0237. The molecule has 2 saturated carbocycles. The predicted molar refractivity (Wildman–Crippen MR) is 110 cm³/mol. The van der Waals surface area contributed by atoms with Crippen molar-refractivity contribution in [3.05, 3.63) is 60.0 Å². The van der Waals surface area contributed by atoms with Crippen molar-refractivity contribution in [1.82, 2.24) is 15.6 Å². The van der Waals surface area contributed by atoms with Gasteiger partial charge in [-0.2, -0.15) is 0 Å². The van der Waals surface area contributed by atoms with E-state index >= 15 is 0 Å². The SMILES string of the molecule is COc1ccc(CNC(=O)NC2CC3(C2)CC(c2nc4ccccc4o2)C3)cc1. The van der Waals surface area contributed by atoms with Crippen molar-refractivity contribution in [1.29, 1.82) is 0 Å². The molecule has 3 aromatic rings. The first-order valence-corrected chi connectivity index (χ1v) is 10.2. The van der Waals surface area contributed by atoms with Gasteiger partial charge in [-0.1, -0.05) is 24.3 Å². The molecule has 29 heavy (non-hydrogen) atoms. The maximum Gasteiger partial charge on any atom is 0.315 e. The number of fused-ring (bicyclic) bond motifs is 1. The fraction of sp³-hybridized carbons (Fsp3) is 0.391. The molecular formula is C23H25N3O3. The minimum atomic E-state index is -0.101. The third-order valence-electron chi connectivity index (χ3n) is 6.32. The second-order valence-corrected chi connectivity index (χ2v) is 8.41. The van der Waals surface area contributed by atoms with Gasteiger partial charge in [0.1, 0.15) is 11.3 Å². The van der Waals surface area contributed by atoms with Crippen molar-refractivity contribution in [3.8, 4) is 5.75 Å². The minimum Gasteiger partial charge on any atom is -0.497 e. The summed E-state index contributed by atoms with van der Waals surface area (Å²) < 4.78 is 11.1. The van der Waals surface area contributed by atoms with Crippen LogP contribution >= 0.6 is 0 Å². The second-order valence-electron chi connectivity index (χ2n) is 8.41. The van der Waals surface area contributed by atoms with E-state index in [0.717, 1.165) is 54.0 Å². The first-order valence-electron chi connectivity index (χ1n) is 10.2. The molecule has 0 radical (unpaired) electrons. The minimum absolute atomic E-state index is 0.101. The summed E-state index contributed by atoms with van der Waals surface area (Å²) in [5.74, 6) is 2.09. The van der Waals surface area contributed by atoms with E-state index in [0.29, 0.717) is 17.9 Å². The van der Waals surface area contributed by atoms with E-state index in [1.54, 1.807) is 7.11 Å². The van der Waals surface area contributed by atoms with Crippen molar-refractivity contribution >= 4 is 17.1 Å². The zero-order valence-electron chi connectivity index (χ0n) is 16.5. The zero-order chi connectivity index (χ0) is 19.8. The molecule has 2 amide bonds. The summed E-state index contributed by atoms with van der Waals surface area (Å²) in [6.45, 7) is 0.507. The van der Waals surface area contributed by atoms with Crippen LogP contribution < -0.4 is 15.4 Å². The van der Waals surface area contributed by atoms with Gasteiger partial charge in [-0.05, 0) is 60.9 Å². The average molecular weight is 391 g/mol. The molecular weight excluding hydrogens is 366 g/mol. The highest BCUT2D eigenvalue weighted by Gasteiger charge is 2.54. The number of nitrogens with one attached hydrogen (secondary N) is 2. The smallest absolute Gasteiger partial charge is 0.315 e. The molecule has 2 aromatic carbocycles. The summed E-state index contributed by atoms with van der Waals surface area (Å²) in [7, 11) is 1.64. The van der Waals surface area contributed by atoms with Crippen LogP contribution in [0.15, 0.2) is 52.9 Å². The van der Waals surface area contributed by atoms with Crippen LogP contribution in [0.3, 0.4) is 0 Å². The molecule has 1 aromatic heterocycles. The van der Waals surface area contributed by atoms with Crippen LogP contribution in [0.25, 0.3) is 11.1 Å². The Kier molecular flexibility index (Phi) is 4.42. The normalized spacial score (nSPS) is 25.3. The fourth-order valence-corrected chi connectivity index (χ4v) is 4.81. The third-order valence-corrected chi connectivity index (χ3v) is 6.32. The zero-order valence-corrected chi connectivity index (χ0v) is 16.5. The summed E-state index contributed by atoms with van der Waals surface area (Å²) in [5, 5.41) is 6.03. The molecule has 0 bridgehead atoms. The Morgan fingerprint density at radius 1 is 1.14 bits per heavy atom. The lowest BCUT2D eigenvalue weighted by Gasteiger charge is -2.57. The quantitative estimate of drug-likeness (QED) is 0.677. The first kappa shape index (κ1) is 18.0. The fourth-order valence-electron chi connectivity index (χ4n) is 4.81. The van der Waals surface area contributed by atoms with Crippen molar-refractivity contribution in [2.24, 2.45) is 5.41 Å². The van der Waals surface area contributed by atoms with Gasteiger partial charge < -0.3 is 19.8 Å². The van der Waals surface area contributed by atoms with Crippen LogP contribution in [0.1, 0.15) is 43.1 Å². The van der Waals surface area contributed by atoms with Gasteiger partial charge in [0.25, 0.3) is 0 Å². The van der Waals surface area contributed by atoms with Crippen LogP contribution in [0, 0.1) is 5.41 Å². The molecule has 0 aliphatic heterocycles. The molecule has 150 valence electrons. The topological polar surface area (TPSA) is 76.4 Å². The van der Waals surface area contributed by atoms with Gasteiger partial charge >= 0.3 is 6.03 Å². The van der Waals surface area contributed by atoms with Gasteiger partial charge in [0.05, 0.1) is 7.11 Å². The van der Waals surface area contributed by atoms with Crippen molar-refractivity contribution in [2.75, 3.05) is 7.11 Å². The summed E-state index contributed by atoms with van der Waals surface area (Å²) in [6.07, 6.45) is 4.29. The number of para-hydroxylation sites is 2. The molecule has 6 nitrogen and oxygen atoms in total. The molecule has 2 fully saturated rings. The summed E-state index contributed by atoms with van der Waals surface area (Å²) in [4.78, 5) is 16.8. The highest BCUT2D eigenvalue weighted by molar-refractivity contribution is 5.74. The third kappa shape index (κ3) is 3.55. The maximum atomic E-state index is 12.2. The number of urea groups is 1. The van der Waals surface area contributed by atoms with Gasteiger partial charge in [0, 0.05) is 18.5 Å². The molecule has 2 aliphatic carbocycles. The standard InChI is InChI=1S/C23H25N3O3/c1-28-18-8-6-15(7-9-18)14-24-22(27)25-17-12-23(13-17)10-16(11-23)21-26-19-4-2-3-5-20(19)29-21/h2-9,16-17H,10-14H2,1H3,(H2,24,25,27). The number of rotatable bonds is 5. The molecule has 1 spiro atoms. The lowest BCUT2D eigenvalue weighted by Crippen LogP contribution is -2.57. The van der Waals surface area contributed by atoms with E-state index in [2.05, 4.69) is 15.6 Å². The van der Waals surface area contributed by atoms with E-state index in [9.17, 15) is 4.79 Å². The number of carbonyl (C=O) groups is 1. The van der Waals surface area contributed by atoms with Crippen molar-refractivity contribution in [2.45, 2.75) is 44.2 Å². The number of ether oxygens (including phenoxy) is 1. The number of aromatic nitrogens is 1. The average Bonchev–Trinajstić information content (AvgIpc) is 3.11. The Morgan fingerprint density at radius 3 is 2.62 bits per heavy atom. The molecule has 0 saturated heterocycles. The monoisotopic (exact) mass is 391 g/mol. The summed E-state index contributed by atoms with van der Waals surface area (Å²) >= 11 is 0. The summed E-state index contributed by atoms with van der Waals surface area (Å²) in [6, 6.07) is 15.8. The van der Waals surface area contributed by atoms with E-state index in [1.807, 2.05) is 48.5 Å². The van der Waals surface area contributed by atoms with Gasteiger partial charge in [0.2, 0.25) is 0 Å². The van der Waals surface area contributed by atoms with Crippen LogP contribution in [-0.4, -0.2) is 24.2 Å². The molecule has 0 atom stereocenters. The van der Waals surface area contributed by atoms with E-state index < -0.39 is 0 Å². The number of hydrogen-bond donors (Lipinski definition) is 2. The second kappa shape index (κ2) is 7.10.